The van der Waals surface area contributed by atoms with Gasteiger partial charge in [-0.3, -0.25) is 4.79 Å². The van der Waals surface area contributed by atoms with E-state index >= 15 is 0 Å². The van der Waals surface area contributed by atoms with E-state index in [4.69, 9.17) is 23.2 Å². The van der Waals surface area contributed by atoms with Crippen molar-refractivity contribution < 1.29 is 13.2 Å². The molecule has 1 aliphatic heterocycles. The number of sulfonamides is 1. The molecule has 0 N–H and O–H groups in total. The van der Waals surface area contributed by atoms with Crippen LogP contribution in [0.15, 0.2) is 47.4 Å². The molecule has 1 saturated heterocycles. The molecule has 1 heterocycles. The minimum Gasteiger partial charge on any atom is -0.337 e. The summed E-state index contributed by atoms with van der Waals surface area (Å²) in [6.07, 6.45) is 1.82. The molecule has 0 spiro atoms. The zero-order chi connectivity index (χ0) is 21.2. The molecule has 0 radical (unpaired) electrons. The third-order valence-electron chi connectivity index (χ3n) is 5.07. The molecule has 0 aromatic heterocycles. The molecule has 0 bridgehead atoms. The van der Waals surface area contributed by atoms with Crippen LogP contribution in [0.3, 0.4) is 0 Å². The molecule has 3 rings (SSSR count). The molecule has 1 amide bonds. The summed E-state index contributed by atoms with van der Waals surface area (Å²) in [6, 6.07) is 11.7. The number of amides is 1. The Morgan fingerprint density at radius 3 is 2.66 bits per heavy atom. The lowest BCUT2D eigenvalue weighted by atomic mass is 10.0. The molecule has 156 valence electrons. The van der Waals surface area contributed by atoms with Crippen LogP contribution in [0.5, 0.6) is 0 Å². The predicted molar refractivity (Wildman–Crippen MR) is 116 cm³/mol. The van der Waals surface area contributed by atoms with Gasteiger partial charge in [-0.05, 0) is 54.7 Å². The van der Waals surface area contributed by atoms with Gasteiger partial charge in [-0.1, -0.05) is 42.3 Å². The number of piperidine rings is 1. The fourth-order valence-corrected chi connectivity index (χ4v) is 5.85. The summed E-state index contributed by atoms with van der Waals surface area (Å²) in [5.74, 6) is 0.0102. The van der Waals surface area contributed by atoms with Crippen molar-refractivity contribution in [1.82, 2.24) is 9.21 Å². The first-order chi connectivity index (χ1) is 13.7. The average molecular weight is 455 g/mol. The first-order valence-electron chi connectivity index (χ1n) is 9.48. The van der Waals surface area contributed by atoms with Crippen molar-refractivity contribution in [3.05, 3.63) is 63.6 Å². The SMILES string of the molecule is CC1CCCN(S(=O)(=O)c2cc(C(=O)N(C)Cc3cccc(Cl)c3)ccc2Cl)C1. The van der Waals surface area contributed by atoms with Crippen molar-refractivity contribution >= 4 is 39.1 Å². The molecular weight excluding hydrogens is 431 g/mol. The zero-order valence-electron chi connectivity index (χ0n) is 16.4. The van der Waals surface area contributed by atoms with E-state index in [0.717, 1.165) is 18.4 Å². The molecule has 2 aromatic rings. The van der Waals surface area contributed by atoms with Crippen LogP contribution in [0, 0.1) is 5.92 Å². The highest BCUT2D eigenvalue weighted by molar-refractivity contribution is 7.89. The lowest BCUT2D eigenvalue weighted by Crippen LogP contribution is -2.39. The Bertz CT molecular complexity index is 1010. The Kier molecular flexibility index (Phi) is 6.89. The van der Waals surface area contributed by atoms with Crippen LogP contribution in [0.25, 0.3) is 0 Å². The maximum atomic E-state index is 13.1. The second-order valence-electron chi connectivity index (χ2n) is 7.55. The topological polar surface area (TPSA) is 57.7 Å². The van der Waals surface area contributed by atoms with Crippen LogP contribution >= 0.6 is 23.2 Å². The van der Waals surface area contributed by atoms with E-state index in [9.17, 15) is 13.2 Å². The van der Waals surface area contributed by atoms with Gasteiger partial charge in [-0.2, -0.15) is 4.31 Å². The van der Waals surface area contributed by atoms with E-state index in [1.54, 1.807) is 25.2 Å². The third-order valence-corrected chi connectivity index (χ3v) is 7.65. The van der Waals surface area contributed by atoms with Gasteiger partial charge in [0.05, 0.1) is 5.02 Å². The van der Waals surface area contributed by atoms with Crippen molar-refractivity contribution in [2.45, 2.75) is 31.2 Å². The number of nitrogens with zero attached hydrogens (tertiary/aromatic N) is 2. The summed E-state index contributed by atoms with van der Waals surface area (Å²) in [5, 5.41) is 0.719. The molecule has 0 aliphatic carbocycles. The minimum absolute atomic E-state index is 0.0183. The van der Waals surface area contributed by atoms with Crippen LogP contribution in [-0.2, 0) is 16.6 Å². The maximum Gasteiger partial charge on any atom is 0.253 e. The Balaban J connectivity index is 1.85. The molecular formula is C21H24Cl2N2O3S. The van der Waals surface area contributed by atoms with Gasteiger partial charge in [0.1, 0.15) is 4.90 Å². The van der Waals surface area contributed by atoms with Crippen molar-refractivity contribution in [1.29, 1.82) is 0 Å². The van der Waals surface area contributed by atoms with Crippen LogP contribution in [0.1, 0.15) is 35.7 Å². The average Bonchev–Trinajstić information content (AvgIpc) is 2.67. The van der Waals surface area contributed by atoms with Crippen molar-refractivity contribution in [2.24, 2.45) is 5.92 Å². The fraction of sp³-hybridized carbons (Fsp3) is 0.381. The maximum absolute atomic E-state index is 13.1. The second kappa shape index (κ2) is 9.04. The number of carbonyl (C=O) groups is 1. The van der Waals surface area contributed by atoms with Gasteiger partial charge >= 0.3 is 0 Å². The van der Waals surface area contributed by atoms with Crippen molar-refractivity contribution in [2.75, 3.05) is 20.1 Å². The second-order valence-corrected chi connectivity index (χ2v) is 10.3. The normalized spacial score (nSPS) is 17.9. The van der Waals surface area contributed by atoms with Crippen LogP contribution in [-0.4, -0.2) is 43.7 Å². The predicted octanol–water partition coefficient (Wildman–Crippen LogP) is 4.69. The quantitative estimate of drug-likeness (QED) is 0.658. The molecule has 5 nitrogen and oxygen atoms in total. The zero-order valence-corrected chi connectivity index (χ0v) is 18.8. The van der Waals surface area contributed by atoms with Gasteiger partial charge < -0.3 is 4.90 Å². The Hall–Kier alpha value is -1.60. The lowest BCUT2D eigenvalue weighted by molar-refractivity contribution is 0.0785. The van der Waals surface area contributed by atoms with Gasteiger partial charge in [-0.25, -0.2) is 8.42 Å². The van der Waals surface area contributed by atoms with Gasteiger partial charge in [0.25, 0.3) is 5.91 Å². The van der Waals surface area contributed by atoms with Gasteiger partial charge in [0.15, 0.2) is 0 Å². The number of hydrogen-bond donors (Lipinski definition) is 0. The van der Waals surface area contributed by atoms with E-state index in [1.807, 2.05) is 19.1 Å². The van der Waals surface area contributed by atoms with E-state index < -0.39 is 10.0 Å². The monoisotopic (exact) mass is 454 g/mol. The summed E-state index contributed by atoms with van der Waals surface area (Å²) in [6.45, 7) is 3.32. The molecule has 1 unspecified atom stereocenters. The largest absolute Gasteiger partial charge is 0.337 e. The van der Waals surface area contributed by atoms with Crippen LogP contribution in [0.4, 0.5) is 0 Å². The van der Waals surface area contributed by atoms with Crippen molar-refractivity contribution in [3.63, 3.8) is 0 Å². The van der Waals surface area contributed by atoms with E-state index in [0.29, 0.717) is 30.6 Å². The molecule has 0 saturated carbocycles. The summed E-state index contributed by atoms with van der Waals surface area (Å²) in [4.78, 5) is 14.4. The summed E-state index contributed by atoms with van der Waals surface area (Å²) in [5.41, 5.74) is 1.17. The molecule has 1 aliphatic rings. The van der Waals surface area contributed by atoms with E-state index in [-0.39, 0.29) is 21.4 Å². The summed E-state index contributed by atoms with van der Waals surface area (Å²) >= 11 is 12.2. The highest BCUT2D eigenvalue weighted by Gasteiger charge is 2.31. The third kappa shape index (κ3) is 5.12. The summed E-state index contributed by atoms with van der Waals surface area (Å²) < 4.78 is 27.7. The Labute approximate surface area is 182 Å². The fourth-order valence-electron chi connectivity index (χ4n) is 3.54. The number of benzene rings is 2. The number of rotatable bonds is 5. The van der Waals surface area contributed by atoms with E-state index in [1.165, 1.54) is 21.3 Å². The first-order valence-corrected chi connectivity index (χ1v) is 11.7. The molecule has 8 heteroatoms. The van der Waals surface area contributed by atoms with Crippen LogP contribution in [0.2, 0.25) is 10.0 Å². The molecule has 1 atom stereocenters. The van der Waals surface area contributed by atoms with Gasteiger partial charge in [0, 0.05) is 37.3 Å². The first kappa shape index (κ1) is 22.1. The standard InChI is InChI=1S/C21H24Cl2N2O3S/c1-15-5-4-10-25(13-15)29(27,28)20-12-17(8-9-19(20)23)21(26)24(2)14-16-6-3-7-18(22)11-16/h3,6-9,11-12,15H,4-5,10,13-14H2,1-2H3. The van der Waals surface area contributed by atoms with Gasteiger partial charge in [0.2, 0.25) is 10.0 Å². The molecule has 29 heavy (non-hydrogen) atoms. The van der Waals surface area contributed by atoms with Crippen molar-refractivity contribution in [3.8, 4) is 0 Å². The van der Waals surface area contributed by atoms with Gasteiger partial charge in [-0.15, -0.1) is 0 Å². The highest BCUT2D eigenvalue weighted by atomic mass is 35.5. The molecule has 2 aromatic carbocycles. The van der Waals surface area contributed by atoms with E-state index in [2.05, 4.69) is 0 Å². The number of carbonyl (C=O) groups excluding carboxylic acids is 1. The Morgan fingerprint density at radius 2 is 1.97 bits per heavy atom. The highest BCUT2D eigenvalue weighted by Crippen LogP contribution is 2.29. The molecule has 1 fully saturated rings. The number of hydrogen-bond acceptors (Lipinski definition) is 3. The minimum atomic E-state index is -3.76. The summed E-state index contributed by atoms with van der Waals surface area (Å²) in [7, 11) is -2.09. The smallest absolute Gasteiger partial charge is 0.253 e. The Morgan fingerprint density at radius 1 is 1.21 bits per heavy atom. The van der Waals surface area contributed by atoms with Crippen LogP contribution < -0.4 is 0 Å². The number of halogens is 2. The lowest BCUT2D eigenvalue weighted by Gasteiger charge is -2.30.